The van der Waals surface area contributed by atoms with E-state index in [4.69, 9.17) is 0 Å². The Hall–Kier alpha value is -0.120. The van der Waals surface area contributed by atoms with E-state index < -0.39 is 0 Å². The van der Waals surface area contributed by atoms with Crippen molar-refractivity contribution in [2.45, 2.75) is 50.7 Å². The third kappa shape index (κ3) is 2.96. The van der Waals surface area contributed by atoms with Crippen LogP contribution in [-0.2, 0) is 0 Å². The molecule has 0 amide bonds. The summed E-state index contributed by atoms with van der Waals surface area (Å²) in [4.78, 5) is 2.41. The Bertz CT molecular complexity index is 220. The Morgan fingerprint density at radius 3 is 2.50 bits per heavy atom. The zero-order valence-corrected chi connectivity index (χ0v) is 10.7. The maximum absolute atomic E-state index is 10.0. The van der Waals surface area contributed by atoms with Crippen LogP contribution < -0.4 is 5.32 Å². The molecule has 2 aliphatic rings. The second kappa shape index (κ2) is 5.03. The van der Waals surface area contributed by atoms with Crippen LogP contribution in [0.5, 0.6) is 0 Å². The SMILES string of the molecule is CC(NCC1(O)CCC1)C1CCN(C)CC1. The van der Waals surface area contributed by atoms with Gasteiger partial charge in [-0.15, -0.1) is 0 Å². The van der Waals surface area contributed by atoms with E-state index in [0.29, 0.717) is 6.04 Å². The molecule has 1 aliphatic heterocycles. The Kier molecular flexibility index (Phi) is 3.88. The van der Waals surface area contributed by atoms with Gasteiger partial charge < -0.3 is 15.3 Å². The largest absolute Gasteiger partial charge is 0.389 e. The molecule has 0 aromatic heterocycles. The summed E-state index contributed by atoms with van der Waals surface area (Å²) in [6.45, 7) is 5.51. The monoisotopic (exact) mass is 226 g/mol. The van der Waals surface area contributed by atoms with Crippen molar-refractivity contribution >= 4 is 0 Å². The summed E-state index contributed by atoms with van der Waals surface area (Å²) in [5.74, 6) is 0.792. The number of rotatable bonds is 4. The smallest absolute Gasteiger partial charge is 0.0771 e. The van der Waals surface area contributed by atoms with Crippen LogP contribution in [0.1, 0.15) is 39.0 Å². The van der Waals surface area contributed by atoms with Gasteiger partial charge >= 0.3 is 0 Å². The molecule has 3 nitrogen and oxygen atoms in total. The zero-order valence-electron chi connectivity index (χ0n) is 10.7. The molecular formula is C13H26N2O. The van der Waals surface area contributed by atoms with Crippen molar-refractivity contribution in [2.75, 3.05) is 26.7 Å². The predicted octanol–water partition coefficient (Wildman–Crippen LogP) is 1.22. The van der Waals surface area contributed by atoms with E-state index in [2.05, 4.69) is 24.2 Å². The summed E-state index contributed by atoms with van der Waals surface area (Å²) in [6, 6.07) is 0.554. The van der Waals surface area contributed by atoms with Gasteiger partial charge in [0.1, 0.15) is 0 Å². The standard InChI is InChI=1S/C13H26N2O/c1-11(12-4-8-15(2)9-5-12)14-10-13(16)6-3-7-13/h11-12,14,16H,3-10H2,1-2H3. The number of nitrogens with zero attached hydrogens (tertiary/aromatic N) is 1. The van der Waals surface area contributed by atoms with Crippen molar-refractivity contribution < 1.29 is 5.11 Å². The van der Waals surface area contributed by atoms with Crippen molar-refractivity contribution in [3.05, 3.63) is 0 Å². The van der Waals surface area contributed by atoms with Crippen molar-refractivity contribution in [1.29, 1.82) is 0 Å². The molecule has 1 saturated heterocycles. The molecular weight excluding hydrogens is 200 g/mol. The Balaban J connectivity index is 1.69. The summed E-state index contributed by atoms with van der Waals surface area (Å²) in [5, 5.41) is 13.6. The van der Waals surface area contributed by atoms with Crippen LogP contribution in [-0.4, -0.2) is 48.3 Å². The van der Waals surface area contributed by atoms with Crippen molar-refractivity contribution in [3.8, 4) is 0 Å². The normalized spacial score (nSPS) is 28.7. The highest BCUT2D eigenvalue weighted by Gasteiger charge is 2.34. The first-order valence-corrected chi connectivity index (χ1v) is 6.73. The number of aliphatic hydroxyl groups is 1. The zero-order chi connectivity index (χ0) is 11.6. The van der Waals surface area contributed by atoms with Gasteiger partial charge in [-0.3, -0.25) is 0 Å². The first kappa shape index (κ1) is 12.3. The lowest BCUT2D eigenvalue weighted by atomic mass is 9.80. The minimum atomic E-state index is -0.375. The molecule has 2 fully saturated rings. The maximum atomic E-state index is 10.0. The average molecular weight is 226 g/mol. The third-order valence-electron chi connectivity index (χ3n) is 4.51. The van der Waals surface area contributed by atoms with E-state index in [1.165, 1.54) is 32.4 Å². The summed E-state index contributed by atoms with van der Waals surface area (Å²) in [5.41, 5.74) is -0.375. The molecule has 0 aromatic rings. The highest BCUT2D eigenvalue weighted by atomic mass is 16.3. The molecule has 94 valence electrons. The fourth-order valence-electron chi connectivity index (χ4n) is 2.81. The molecule has 0 radical (unpaired) electrons. The Morgan fingerprint density at radius 2 is 2.00 bits per heavy atom. The van der Waals surface area contributed by atoms with Gasteiger partial charge in [0, 0.05) is 12.6 Å². The van der Waals surface area contributed by atoms with Gasteiger partial charge in [0.25, 0.3) is 0 Å². The van der Waals surface area contributed by atoms with E-state index in [-0.39, 0.29) is 5.60 Å². The molecule has 1 unspecified atom stereocenters. The van der Waals surface area contributed by atoms with Gasteiger partial charge in [-0.2, -0.15) is 0 Å². The molecule has 16 heavy (non-hydrogen) atoms. The Morgan fingerprint density at radius 1 is 1.38 bits per heavy atom. The number of piperidine rings is 1. The average Bonchev–Trinajstić information content (AvgIpc) is 2.24. The lowest BCUT2D eigenvalue weighted by Crippen LogP contribution is -2.50. The highest BCUT2D eigenvalue weighted by Crippen LogP contribution is 2.31. The van der Waals surface area contributed by atoms with Gasteiger partial charge in [-0.1, -0.05) is 0 Å². The molecule has 2 rings (SSSR count). The summed E-state index contributed by atoms with van der Waals surface area (Å²) in [7, 11) is 2.20. The van der Waals surface area contributed by atoms with Crippen LogP contribution in [0.3, 0.4) is 0 Å². The fraction of sp³-hybridized carbons (Fsp3) is 1.00. The topological polar surface area (TPSA) is 35.5 Å². The molecule has 1 heterocycles. The molecule has 0 bridgehead atoms. The first-order chi connectivity index (χ1) is 7.59. The van der Waals surface area contributed by atoms with E-state index in [1.54, 1.807) is 0 Å². The number of hydrogen-bond acceptors (Lipinski definition) is 3. The van der Waals surface area contributed by atoms with Crippen molar-refractivity contribution in [3.63, 3.8) is 0 Å². The maximum Gasteiger partial charge on any atom is 0.0771 e. The lowest BCUT2D eigenvalue weighted by Gasteiger charge is -2.39. The quantitative estimate of drug-likeness (QED) is 0.756. The number of nitrogens with one attached hydrogen (secondary N) is 1. The van der Waals surface area contributed by atoms with Crippen molar-refractivity contribution in [2.24, 2.45) is 5.92 Å². The van der Waals surface area contributed by atoms with Crippen LogP contribution in [0.25, 0.3) is 0 Å². The van der Waals surface area contributed by atoms with E-state index in [1.807, 2.05) is 0 Å². The predicted molar refractivity (Wildman–Crippen MR) is 66.5 cm³/mol. The van der Waals surface area contributed by atoms with Crippen LogP contribution >= 0.6 is 0 Å². The minimum absolute atomic E-state index is 0.375. The van der Waals surface area contributed by atoms with Crippen molar-refractivity contribution in [1.82, 2.24) is 10.2 Å². The minimum Gasteiger partial charge on any atom is -0.389 e. The van der Waals surface area contributed by atoms with Crippen LogP contribution in [0.15, 0.2) is 0 Å². The molecule has 1 saturated carbocycles. The van der Waals surface area contributed by atoms with Crippen LogP contribution in [0, 0.1) is 5.92 Å². The molecule has 0 spiro atoms. The van der Waals surface area contributed by atoms with Gasteiger partial charge in [0.05, 0.1) is 5.60 Å². The summed E-state index contributed by atoms with van der Waals surface area (Å²) in [6.07, 6.45) is 5.76. The van der Waals surface area contributed by atoms with E-state index in [0.717, 1.165) is 25.3 Å². The Labute approximate surface area is 99.2 Å². The second-order valence-electron chi connectivity index (χ2n) is 5.89. The van der Waals surface area contributed by atoms with Gasteiger partial charge in [-0.05, 0) is 65.1 Å². The van der Waals surface area contributed by atoms with Gasteiger partial charge in [0.2, 0.25) is 0 Å². The highest BCUT2D eigenvalue weighted by molar-refractivity contribution is 4.91. The van der Waals surface area contributed by atoms with Gasteiger partial charge in [0.15, 0.2) is 0 Å². The molecule has 2 N–H and O–H groups in total. The van der Waals surface area contributed by atoms with E-state index in [9.17, 15) is 5.11 Å². The molecule has 1 atom stereocenters. The first-order valence-electron chi connectivity index (χ1n) is 6.73. The third-order valence-corrected chi connectivity index (χ3v) is 4.51. The molecule has 0 aromatic carbocycles. The summed E-state index contributed by atoms with van der Waals surface area (Å²) >= 11 is 0. The van der Waals surface area contributed by atoms with E-state index >= 15 is 0 Å². The fourth-order valence-corrected chi connectivity index (χ4v) is 2.81. The number of likely N-dealkylation sites (tertiary alicyclic amines) is 1. The number of hydrogen-bond donors (Lipinski definition) is 2. The molecule has 3 heteroatoms. The summed E-state index contributed by atoms with van der Waals surface area (Å²) < 4.78 is 0. The molecule has 1 aliphatic carbocycles. The second-order valence-corrected chi connectivity index (χ2v) is 5.89. The van der Waals surface area contributed by atoms with Crippen LogP contribution in [0.2, 0.25) is 0 Å². The van der Waals surface area contributed by atoms with Crippen LogP contribution in [0.4, 0.5) is 0 Å². The lowest BCUT2D eigenvalue weighted by molar-refractivity contribution is -0.0346. The van der Waals surface area contributed by atoms with Gasteiger partial charge in [-0.25, -0.2) is 0 Å².